The minimum absolute atomic E-state index is 0.00220. The summed E-state index contributed by atoms with van der Waals surface area (Å²) in [5, 5.41) is 0. The van der Waals surface area contributed by atoms with Gasteiger partial charge in [-0.2, -0.15) is 0 Å². The summed E-state index contributed by atoms with van der Waals surface area (Å²) in [5.41, 5.74) is 5.70. The van der Waals surface area contributed by atoms with E-state index in [1.165, 1.54) is 48.2 Å². The Bertz CT molecular complexity index is 864. The third-order valence-corrected chi connectivity index (χ3v) is 8.55. The van der Waals surface area contributed by atoms with E-state index in [2.05, 4.69) is 58.3 Å². The lowest BCUT2D eigenvalue weighted by Crippen LogP contribution is -2.43. The van der Waals surface area contributed by atoms with Crippen molar-refractivity contribution in [3.05, 3.63) is 70.8 Å². The van der Waals surface area contributed by atoms with E-state index in [1.54, 1.807) is 0 Å². The molecule has 0 unspecified atom stereocenters. The van der Waals surface area contributed by atoms with E-state index in [0.717, 1.165) is 65.1 Å². The number of unbranched alkanes of at least 4 members (excludes halogenated alkanes) is 1. The van der Waals surface area contributed by atoms with Crippen LogP contribution in [0.5, 0.6) is 0 Å². The van der Waals surface area contributed by atoms with Crippen molar-refractivity contribution in [3.63, 3.8) is 0 Å². The third-order valence-electron chi connectivity index (χ3n) is 8.55. The van der Waals surface area contributed by atoms with Crippen LogP contribution in [0.25, 0.3) is 0 Å². The molecule has 32 heavy (non-hydrogen) atoms. The van der Waals surface area contributed by atoms with Gasteiger partial charge < -0.3 is 19.3 Å². The Hall–Kier alpha value is -1.72. The number of likely N-dealkylation sites (tertiary alicyclic amines) is 2. The number of benzene rings is 2. The number of nitrogens with zero attached hydrogens (tertiary/aromatic N) is 2. The molecule has 4 heterocycles. The fourth-order valence-electron chi connectivity index (χ4n) is 6.54. The molecular weight excluding hydrogens is 396 g/mol. The molecule has 0 saturated carbocycles. The average Bonchev–Trinajstić information content (AvgIpc) is 3.39. The lowest BCUT2D eigenvalue weighted by molar-refractivity contribution is -0.0805. The molecule has 0 aromatic heterocycles. The second kappa shape index (κ2) is 8.57. The molecule has 4 aliphatic rings. The van der Waals surface area contributed by atoms with Gasteiger partial charge in [-0.25, -0.2) is 0 Å². The van der Waals surface area contributed by atoms with Gasteiger partial charge in [-0.3, -0.25) is 0 Å². The maximum absolute atomic E-state index is 6.32. The Morgan fingerprint density at radius 1 is 0.594 bits per heavy atom. The molecule has 2 aromatic rings. The summed E-state index contributed by atoms with van der Waals surface area (Å²) in [6.07, 6.45) is 7.15. The highest BCUT2D eigenvalue weighted by atomic mass is 16.5. The molecular formula is C28H36N2O2. The molecule has 170 valence electrons. The van der Waals surface area contributed by atoms with Crippen LogP contribution in [-0.2, 0) is 33.9 Å². The van der Waals surface area contributed by atoms with Crippen molar-refractivity contribution in [2.75, 3.05) is 39.3 Å². The molecule has 2 aromatic carbocycles. The van der Waals surface area contributed by atoms with Crippen LogP contribution in [-0.4, -0.2) is 49.1 Å². The number of rotatable bonds is 5. The molecule has 4 aliphatic heterocycles. The quantitative estimate of drug-likeness (QED) is 0.633. The smallest absolute Gasteiger partial charge is 0.0963 e. The van der Waals surface area contributed by atoms with Gasteiger partial charge in [0.2, 0.25) is 0 Å². The van der Waals surface area contributed by atoms with Crippen LogP contribution in [0.3, 0.4) is 0 Å². The summed E-state index contributed by atoms with van der Waals surface area (Å²) in [4.78, 5) is 5.31. The first-order valence-electron chi connectivity index (χ1n) is 12.7. The monoisotopic (exact) mass is 432 g/mol. The van der Waals surface area contributed by atoms with E-state index in [1.807, 2.05) is 0 Å². The van der Waals surface area contributed by atoms with Crippen LogP contribution in [0.1, 0.15) is 60.8 Å². The van der Waals surface area contributed by atoms with E-state index < -0.39 is 0 Å². The molecule has 0 bridgehead atoms. The van der Waals surface area contributed by atoms with Crippen LogP contribution >= 0.6 is 0 Å². The van der Waals surface area contributed by atoms with Crippen LogP contribution in [0.2, 0.25) is 0 Å². The van der Waals surface area contributed by atoms with E-state index >= 15 is 0 Å². The van der Waals surface area contributed by atoms with Crippen LogP contribution in [0.4, 0.5) is 0 Å². The molecule has 0 atom stereocenters. The van der Waals surface area contributed by atoms with Crippen molar-refractivity contribution in [1.29, 1.82) is 0 Å². The summed E-state index contributed by atoms with van der Waals surface area (Å²) in [6.45, 7) is 8.70. The molecule has 0 radical (unpaired) electrons. The summed E-state index contributed by atoms with van der Waals surface area (Å²) in [5.74, 6) is 0. The first-order chi connectivity index (χ1) is 15.8. The topological polar surface area (TPSA) is 24.9 Å². The largest absolute Gasteiger partial charge is 0.365 e. The molecule has 4 heteroatoms. The van der Waals surface area contributed by atoms with Gasteiger partial charge in [0.05, 0.1) is 24.4 Å². The summed E-state index contributed by atoms with van der Waals surface area (Å²) in [7, 11) is 0. The van der Waals surface area contributed by atoms with Crippen LogP contribution < -0.4 is 0 Å². The zero-order valence-corrected chi connectivity index (χ0v) is 19.2. The minimum Gasteiger partial charge on any atom is -0.365 e. The Balaban J connectivity index is 0.926. The van der Waals surface area contributed by atoms with E-state index in [9.17, 15) is 0 Å². The van der Waals surface area contributed by atoms with Gasteiger partial charge in [0, 0.05) is 26.2 Å². The number of hydrogen-bond acceptors (Lipinski definition) is 4. The van der Waals surface area contributed by atoms with E-state index in [0.29, 0.717) is 0 Å². The second-order valence-electron chi connectivity index (χ2n) is 10.3. The highest BCUT2D eigenvalue weighted by Crippen LogP contribution is 2.45. The van der Waals surface area contributed by atoms with Gasteiger partial charge in [-0.15, -0.1) is 0 Å². The van der Waals surface area contributed by atoms with Gasteiger partial charge in [-0.1, -0.05) is 48.5 Å². The zero-order valence-electron chi connectivity index (χ0n) is 19.2. The Labute approximate surface area is 192 Å². The van der Waals surface area contributed by atoms with Gasteiger partial charge in [0.15, 0.2) is 0 Å². The highest BCUT2D eigenvalue weighted by molar-refractivity contribution is 5.36. The molecule has 2 fully saturated rings. The molecule has 2 spiro atoms. The first-order valence-corrected chi connectivity index (χ1v) is 12.7. The van der Waals surface area contributed by atoms with Gasteiger partial charge in [0.25, 0.3) is 0 Å². The van der Waals surface area contributed by atoms with Gasteiger partial charge >= 0.3 is 0 Å². The van der Waals surface area contributed by atoms with Crippen LogP contribution in [0.15, 0.2) is 48.5 Å². The lowest BCUT2D eigenvalue weighted by atomic mass is 9.83. The summed E-state index contributed by atoms with van der Waals surface area (Å²) >= 11 is 0. The lowest BCUT2D eigenvalue weighted by Gasteiger charge is -2.40. The van der Waals surface area contributed by atoms with Crippen molar-refractivity contribution >= 4 is 0 Å². The first kappa shape index (κ1) is 20.9. The molecule has 4 nitrogen and oxygen atoms in total. The molecule has 6 rings (SSSR count). The Morgan fingerprint density at radius 2 is 1.00 bits per heavy atom. The van der Waals surface area contributed by atoms with E-state index in [-0.39, 0.29) is 11.2 Å². The summed E-state index contributed by atoms with van der Waals surface area (Å²) < 4.78 is 12.6. The van der Waals surface area contributed by atoms with Crippen molar-refractivity contribution in [2.24, 2.45) is 0 Å². The standard InChI is InChI=1S/C28H36N2O2/c1-3-9-25-23(7-1)21-31-27(25)11-17-29(18-12-27)15-5-6-16-30-19-13-28(14-20-30)26-10-4-2-8-24(26)22-32-28/h1-4,7-10H,5-6,11-22H2. The van der Waals surface area contributed by atoms with Crippen molar-refractivity contribution in [2.45, 2.75) is 62.9 Å². The minimum atomic E-state index is -0.00220. The molecule has 2 saturated heterocycles. The number of fused-ring (bicyclic) bond motifs is 4. The van der Waals surface area contributed by atoms with Crippen molar-refractivity contribution < 1.29 is 9.47 Å². The average molecular weight is 433 g/mol. The third kappa shape index (κ3) is 3.71. The number of hydrogen-bond donors (Lipinski definition) is 0. The maximum Gasteiger partial charge on any atom is 0.0963 e. The number of piperidine rings is 2. The predicted molar refractivity (Wildman–Crippen MR) is 126 cm³/mol. The Kier molecular flexibility index (Phi) is 5.58. The van der Waals surface area contributed by atoms with E-state index in [4.69, 9.17) is 9.47 Å². The molecule has 0 N–H and O–H groups in total. The van der Waals surface area contributed by atoms with Gasteiger partial charge in [-0.05, 0) is 73.9 Å². The molecule has 0 aliphatic carbocycles. The SMILES string of the molecule is c1ccc2c(c1)COC21CCN(CCCCN2CCC3(CC2)OCc2ccccc23)CC1. The maximum atomic E-state index is 6.32. The van der Waals surface area contributed by atoms with Gasteiger partial charge in [0.1, 0.15) is 0 Å². The summed E-state index contributed by atoms with van der Waals surface area (Å²) in [6, 6.07) is 17.7. The normalized spacial score (nSPS) is 24.1. The Morgan fingerprint density at radius 3 is 1.44 bits per heavy atom. The second-order valence-corrected chi connectivity index (χ2v) is 10.3. The molecule has 0 amide bonds. The van der Waals surface area contributed by atoms with Crippen molar-refractivity contribution in [3.8, 4) is 0 Å². The van der Waals surface area contributed by atoms with Crippen molar-refractivity contribution in [1.82, 2.24) is 9.80 Å². The fourth-order valence-corrected chi connectivity index (χ4v) is 6.54. The number of ether oxygens (including phenoxy) is 2. The highest BCUT2D eigenvalue weighted by Gasteiger charge is 2.43. The van der Waals surface area contributed by atoms with Crippen LogP contribution in [0, 0.1) is 0 Å². The fraction of sp³-hybridized carbons (Fsp3) is 0.571. The zero-order chi connectivity index (χ0) is 21.4. The predicted octanol–water partition coefficient (Wildman–Crippen LogP) is 4.81.